The van der Waals surface area contributed by atoms with Crippen LogP contribution in [-0.4, -0.2) is 99.0 Å². The zero-order chi connectivity index (χ0) is 33.0. The summed E-state index contributed by atoms with van der Waals surface area (Å²) >= 11 is 4.44. The van der Waals surface area contributed by atoms with Gasteiger partial charge in [-0.25, -0.2) is 33.0 Å². The molecule has 0 radical (unpaired) electrons. The van der Waals surface area contributed by atoms with Crippen molar-refractivity contribution in [1.29, 1.82) is 0 Å². The molecule has 0 bridgehead atoms. The Hall–Kier alpha value is -3.14. The molecule has 7 N–H and O–H groups in total. The normalized spacial score (nSPS) is 28.2. The number of hydrogen-bond acceptors (Lipinski definition) is 14. The number of fused-ring (bicyclic) bond motifs is 2. The highest BCUT2D eigenvalue weighted by molar-refractivity contribution is 8.06. The number of carbonyl (C=O) groups excluding carboxylic acids is 1. The third-order valence-corrected chi connectivity index (χ3v) is 8.94. The lowest BCUT2D eigenvalue weighted by molar-refractivity contribution is -0.0516. The molecule has 0 saturated carbocycles. The van der Waals surface area contributed by atoms with Gasteiger partial charge < -0.3 is 40.1 Å². The van der Waals surface area contributed by atoms with Crippen LogP contribution in [0.5, 0.6) is 0 Å². The number of carbonyl (C=O) groups is 1. The van der Waals surface area contributed by atoms with Gasteiger partial charge in [0.2, 0.25) is 0 Å². The molecule has 1 unspecified atom stereocenters. The summed E-state index contributed by atoms with van der Waals surface area (Å²) < 4.78 is 72.5. The Bertz CT molecular complexity index is 1880. The Morgan fingerprint density at radius 1 is 1.11 bits per heavy atom. The molecular weight excluding hydrogens is 682 g/mol. The van der Waals surface area contributed by atoms with Gasteiger partial charge in [0.15, 0.2) is 30.1 Å². The van der Waals surface area contributed by atoms with Gasteiger partial charge in [-0.05, 0) is 23.9 Å². The van der Waals surface area contributed by atoms with Gasteiger partial charge >= 0.3 is 14.5 Å². The van der Waals surface area contributed by atoms with Crippen molar-refractivity contribution in [3.8, 4) is 0 Å². The number of amides is 1. The molecular formula is C22H25F2N9O10P2S. The minimum absolute atomic E-state index is 0.00124. The lowest BCUT2D eigenvalue weighted by Crippen LogP contribution is -2.34. The number of benzene rings is 1. The quantitative estimate of drug-likeness (QED) is 0.133. The second-order valence-electron chi connectivity index (χ2n) is 10.2. The van der Waals surface area contributed by atoms with E-state index in [1.165, 1.54) is 18.2 Å². The Morgan fingerprint density at radius 3 is 2.63 bits per heavy atom. The molecule has 46 heavy (non-hydrogen) atoms. The standard InChI is InChI=1S/C22H25F2N9O10P2S/c23-11-4-9(41-21(11)33-12-3-1-2-10(19(26)34)15(12)30-31-33)5-39-44(35,36)43-17-13(6-40-45(37,38)46)42-22(14(17)24)32-8-29-16-18(25)27-7-28-20(16)32/h1-3,7-9,11,13-14,17,21-22H,4-6H2,(H2,26,34)(H,35,36)(H2,25,27,28)(H2,37,38,46)/t9-,11+,13+,14+,17+,21+,22+/m0/s1. The van der Waals surface area contributed by atoms with Gasteiger partial charge in [-0.3, -0.25) is 18.4 Å². The molecule has 6 rings (SSSR count). The van der Waals surface area contributed by atoms with Crippen molar-refractivity contribution in [2.45, 2.75) is 49.5 Å². The van der Waals surface area contributed by atoms with Gasteiger partial charge in [0, 0.05) is 6.42 Å². The first kappa shape index (κ1) is 32.8. The average Bonchev–Trinajstić information content (AvgIpc) is 3.76. The number of hydrogen-bond donors (Lipinski definition) is 5. The minimum Gasteiger partial charge on any atom is -0.382 e. The van der Waals surface area contributed by atoms with E-state index in [1.807, 2.05) is 0 Å². The number of alkyl halides is 2. The number of nitrogen functional groups attached to an aromatic ring is 1. The number of phosphoric ester groups is 1. The number of anilines is 1. The molecule has 248 valence electrons. The van der Waals surface area contributed by atoms with Crippen molar-refractivity contribution < 1.29 is 55.9 Å². The van der Waals surface area contributed by atoms with Crippen LogP contribution < -0.4 is 11.5 Å². The number of imidazole rings is 1. The van der Waals surface area contributed by atoms with Crippen molar-refractivity contribution in [2.24, 2.45) is 5.73 Å². The summed E-state index contributed by atoms with van der Waals surface area (Å²) in [5, 5.41) is 7.77. The summed E-state index contributed by atoms with van der Waals surface area (Å²) in [6.45, 7) is -5.68. The molecule has 0 spiro atoms. The Kier molecular flexibility index (Phi) is 8.89. The maximum absolute atomic E-state index is 15.9. The molecule has 8 atom stereocenters. The molecule has 1 amide bonds. The first-order chi connectivity index (χ1) is 21.7. The van der Waals surface area contributed by atoms with Gasteiger partial charge in [-0.1, -0.05) is 11.3 Å². The van der Waals surface area contributed by atoms with Crippen LogP contribution in [0.4, 0.5) is 14.6 Å². The average molecular weight is 708 g/mol. The lowest BCUT2D eigenvalue weighted by atomic mass is 10.1. The Morgan fingerprint density at radius 2 is 1.89 bits per heavy atom. The van der Waals surface area contributed by atoms with Crippen LogP contribution >= 0.6 is 14.5 Å². The number of rotatable bonds is 11. The molecule has 5 heterocycles. The number of nitrogens with zero attached hydrogens (tertiary/aromatic N) is 7. The Balaban J connectivity index is 1.15. The summed E-state index contributed by atoms with van der Waals surface area (Å²) in [5.41, 5.74) is 11.8. The highest BCUT2D eigenvalue weighted by atomic mass is 32.5. The number of ether oxygens (including phenoxy) is 2. The molecule has 3 aromatic heterocycles. The van der Waals surface area contributed by atoms with Gasteiger partial charge in [0.1, 0.15) is 35.7 Å². The molecule has 2 fully saturated rings. The molecule has 2 saturated heterocycles. The number of primary amides is 1. The molecule has 1 aromatic carbocycles. The van der Waals surface area contributed by atoms with Crippen LogP contribution in [0, 0.1) is 0 Å². The van der Waals surface area contributed by atoms with Crippen molar-refractivity contribution in [3.05, 3.63) is 36.4 Å². The topological polar surface area (TPSA) is 267 Å². The van der Waals surface area contributed by atoms with Crippen LogP contribution in [0.3, 0.4) is 0 Å². The van der Waals surface area contributed by atoms with Gasteiger partial charge in [0.05, 0.1) is 36.7 Å². The smallest absolute Gasteiger partial charge is 0.382 e. The van der Waals surface area contributed by atoms with E-state index in [9.17, 15) is 24.0 Å². The maximum atomic E-state index is 15.9. The van der Waals surface area contributed by atoms with E-state index < -0.39 is 76.8 Å². The van der Waals surface area contributed by atoms with E-state index in [2.05, 4.69) is 37.1 Å². The fourth-order valence-corrected chi connectivity index (χ4v) is 6.64. The maximum Gasteiger partial charge on any atom is 0.472 e. The van der Waals surface area contributed by atoms with Gasteiger partial charge in [-0.2, -0.15) is 0 Å². The van der Waals surface area contributed by atoms with Crippen LogP contribution in [0.1, 0.15) is 29.2 Å². The van der Waals surface area contributed by atoms with Crippen molar-refractivity contribution in [1.82, 2.24) is 34.5 Å². The zero-order valence-electron chi connectivity index (χ0n) is 23.1. The predicted molar refractivity (Wildman–Crippen MR) is 153 cm³/mol. The van der Waals surface area contributed by atoms with E-state index in [1.54, 1.807) is 0 Å². The van der Waals surface area contributed by atoms with Crippen LogP contribution in [0.25, 0.3) is 22.2 Å². The predicted octanol–water partition coefficient (Wildman–Crippen LogP) is 0.541. The number of aromatic nitrogens is 7. The van der Waals surface area contributed by atoms with Crippen molar-refractivity contribution >= 4 is 60.3 Å². The van der Waals surface area contributed by atoms with Crippen LogP contribution in [-0.2, 0) is 39.4 Å². The van der Waals surface area contributed by atoms with Crippen molar-refractivity contribution in [2.75, 3.05) is 18.9 Å². The van der Waals surface area contributed by atoms with E-state index in [4.69, 9.17) is 34.5 Å². The van der Waals surface area contributed by atoms with Crippen molar-refractivity contribution in [3.63, 3.8) is 0 Å². The minimum atomic E-state index is -5.13. The molecule has 2 aliphatic rings. The summed E-state index contributed by atoms with van der Waals surface area (Å²) in [5.74, 6) is -0.761. The third kappa shape index (κ3) is 6.51. The summed E-state index contributed by atoms with van der Waals surface area (Å²) in [6, 6.07) is 4.47. The fraction of sp³-hybridized carbons (Fsp3) is 0.455. The number of phosphoric acid groups is 1. The SMILES string of the molecule is NC(=O)c1cccc2c1nnn2[C@@H]1O[C@H](COP(=O)(O)O[C@H]2[C@@H](F)[C@H](n3cnc4c(N)ncnc43)O[C@@H]2COP(O)(O)=S)C[C@H]1F. The number of nitrogens with two attached hydrogens (primary N) is 2. The first-order valence-electron chi connectivity index (χ1n) is 13.2. The van der Waals surface area contributed by atoms with E-state index >= 15 is 8.78 Å². The van der Waals surface area contributed by atoms with Crippen LogP contribution in [0.2, 0.25) is 0 Å². The van der Waals surface area contributed by atoms with Crippen LogP contribution in [0.15, 0.2) is 30.9 Å². The summed E-state index contributed by atoms with van der Waals surface area (Å²) in [7, 11) is -5.13. The summed E-state index contributed by atoms with van der Waals surface area (Å²) in [4.78, 5) is 53.1. The molecule has 24 heteroatoms. The van der Waals surface area contributed by atoms with Gasteiger partial charge in [-0.15, -0.1) is 5.10 Å². The number of halogens is 2. The van der Waals surface area contributed by atoms with E-state index in [0.717, 1.165) is 21.9 Å². The van der Waals surface area contributed by atoms with Gasteiger partial charge in [0.25, 0.3) is 5.91 Å². The second kappa shape index (κ2) is 12.5. The Labute approximate surface area is 261 Å². The molecule has 0 aliphatic carbocycles. The second-order valence-corrected chi connectivity index (χ2v) is 14.3. The highest BCUT2D eigenvalue weighted by Gasteiger charge is 2.51. The molecule has 2 aliphatic heterocycles. The first-order valence-corrected chi connectivity index (χ1v) is 17.4. The largest absolute Gasteiger partial charge is 0.472 e. The molecule has 19 nitrogen and oxygen atoms in total. The van der Waals surface area contributed by atoms with E-state index in [0.29, 0.717) is 0 Å². The zero-order valence-corrected chi connectivity index (χ0v) is 25.7. The lowest BCUT2D eigenvalue weighted by Gasteiger charge is -2.23. The van der Waals surface area contributed by atoms with E-state index in [-0.39, 0.29) is 40.0 Å². The highest BCUT2D eigenvalue weighted by Crippen LogP contribution is 2.51. The summed E-state index contributed by atoms with van der Waals surface area (Å²) in [6.07, 6.45) is -9.29. The molecule has 4 aromatic rings. The monoisotopic (exact) mass is 707 g/mol. The third-order valence-electron chi connectivity index (χ3n) is 7.15. The fourth-order valence-electron chi connectivity index (χ4n) is 5.14.